The fourth-order valence-corrected chi connectivity index (χ4v) is 3.56. The Balaban J connectivity index is 1.39. The number of carbonyl (C=O) groups is 1. The van der Waals surface area contributed by atoms with Crippen molar-refractivity contribution in [3.63, 3.8) is 0 Å². The number of fused-ring (bicyclic) bond motifs is 1. The zero-order chi connectivity index (χ0) is 18.6. The number of nitrogens with zero attached hydrogens (tertiary/aromatic N) is 3. The van der Waals surface area contributed by atoms with Crippen LogP contribution in [0.5, 0.6) is 0 Å². The highest BCUT2D eigenvalue weighted by molar-refractivity contribution is 5.88. The van der Waals surface area contributed by atoms with Crippen LogP contribution in [0.25, 0.3) is 10.8 Å². The van der Waals surface area contributed by atoms with Gasteiger partial charge in [0.1, 0.15) is 0 Å². The van der Waals surface area contributed by atoms with Crippen molar-refractivity contribution in [3.8, 4) is 0 Å². The molecule has 0 atom stereocenters. The van der Waals surface area contributed by atoms with E-state index in [9.17, 15) is 9.59 Å². The van der Waals surface area contributed by atoms with E-state index in [1.54, 1.807) is 6.07 Å². The molecule has 6 heteroatoms. The average molecular weight is 362 g/mol. The first-order valence-electron chi connectivity index (χ1n) is 9.21. The molecule has 1 fully saturated rings. The molecule has 0 saturated carbocycles. The van der Waals surface area contributed by atoms with E-state index in [2.05, 4.69) is 39.4 Å². The maximum Gasteiger partial charge on any atom is 0.272 e. The summed E-state index contributed by atoms with van der Waals surface area (Å²) in [5, 5.41) is 7.94. The second-order valence-electron chi connectivity index (χ2n) is 6.86. The Bertz CT molecular complexity index is 992. The minimum atomic E-state index is -0.226. The molecule has 2 aromatic carbocycles. The number of aromatic amines is 1. The lowest BCUT2D eigenvalue weighted by molar-refractivity contribution is -0.132. The molecule has 6 nitrogen and oxygen atoms in total. The van der Waals surface area contributed by atoms with Gasteiger partial charge in [-0.1, -0.05) is 48.5 Å². The smallest absolute Gasteiger partial charge is 0.272 e. The molecule has 27 heavy (non-hydrogen) atoms. The Labute approximate surface area is 157 Å². The molecular formula is C21H22N4O2. The van der Waals surface area contributed by atoms with Crippen molar-refractivity contribution in [1.82, 2.24) is 20.0 Å². The van der Waals surface area contributed by atoms with E-state index >= 15 is 0 Å². The third-order valence-electron chi connectivity index (χ3n) is 5.07. The molecule has 1 saturated heterocycles. The lowest BCUT2D eigenvalue weighted by Crippen LogP contribution is -2.48. The highest BCUT2D eigenvalue weighted by Crippen LogP contribution is 2.15. The number of hydrogen-bond acceptors (Lipinski definition) is 4. The minimum Gasteiger partial charge on any atom is -0.340 e. The molecule has 2 heterocycles. The Morgan fingerprint density at radius 3 is 2.33 bits per heavy atom. The van der Waals surface area contributed by atoms with Gasteiger partial charge in [0.15, 0.2) is 0 Å². The molecule has 1 aliphatic heterocycles. The van der Waals surface area contributed by atoms with Gasteiger partial charge in [0.25, 0.3) is 5.56 Å². The van der Waals surface area contributed by atoms with E-state index in [1.807, 2.05) is 29.2 Å². The number of benzene rings is 2. The van der Waals surface area contributed by atoms with Crippen molar-refractivity contribution >= 4 is 16.7 Å². The van der Waals surface area contributed by atoms with E-state index in [0.717, 1.165) is 25.0 Å². The van der Waals surface area contributed by atoms with Gasteiger partial charge in [0, 0.05) is 38.1 Å². The largest absolute Gasteiger partial charge is 0.340 e. The number of aromatic nitrogens is 2. The first-order chi connectivity index (χ1) is 13.2. The van der Waals surface area contributed by atoms with Crippen LogP contribution >= 0.6 is 0 Å². The fraction of sp³-hybridized carbons (Fsp3) is 0.286. The predicted molar refractivity (Wildman–Crippen MR) is 104 cm³/mol. The molecule has 1 N–H and O–H groups in total. The lowest BCUT2D eigenvalue weighted by atomic mass is 10.1. The van der Waals surface area contributed by atoms with Gasteiger partial charge in [0.2, 0.25) is 5.91 Å². The highest BCUT2D eigenvalue weighted by Gasteiger charge is 2.22. The average Bonchev–Trinajstić information content (AvgIpc) is 2.71. The maximum absolute atomic E-state index is 12.7. The quantitative estimate of drug-likeness (QED) is 0.769. The van der Waals surface area contributed by atoms with Gasteiger partial charge in [-0.25, -0.2) is 5.10 Å². The highest BCUT2D eigenvalue weighted by atomic mass is 16.2. The Morgan fingerprint density at radius 2 is 1.59 bits per heavy atom. The van der Waals surface area contributed by atoms with Crippen molar-refractivity contribution in [2.45, 2.75) is 13.0 Å². The van der Waals surface area contributed by atoms with E-state index in [-0.39, 0.29) is 17.9 Å². The Hall–Kier alpha value is -2.99. The summed E-state index contributed by atoms with van der Waals surface area (Å²) < 4.78 is 0. The van der Waals surface area contributed by atoms with E-state index in [0.29, 0.717) is 24.2 Å². The monoisotopic (exact) mass is 362 g/mol. The van der Waals surface area contributed by atoms with Crippen LogP contribution in [0.3, 0.4) is 0 Å². The van der Waals surface area contributed by atoms with Gasteiger partial charge >= 0.3 is 0 Å². The summed E-state index contributed by atoms with van der Waals surface area (Å²) in [5.74, 6) is 0.0547. The molecule has 0 spiro atoms. The topological polar surface area (TPSA) is 69.3 Å². The van der Waals surface area contributed by atoms with E-state index in [4.69, 9.17) is 0 Å². The zero-order valence-corrected chi connectivity index (χ0v) is 15.1. The third kappa shape index (κ3) is 3.90. The number of rotatable bonds is 4. The van der Waals surface area contributed by atoms with Crippen LogP contribution in [0.2, 0.25) is 0 Å². The van der Waals surface area contributed by atoms with Gasteiger partial charge < -0.3 is 4.90 Å². The summed E-state index contributed by atoms with van der Waals surface area (Å²) >= 11 is 0. The second-order valence-corrected chi connectivity index (χ2v) is 6.86. The minimum absolute atomic E-state index is 0.0547. The van der Waals surface area contributed by atoms with Crippen molar-refractivity contribution in [2.75, 3.05) is 26.2 Å². The Kier molecular flexibility index (Phi) is 4.98. The van der Waals surface area contributed by atoms with Crippen molar-refractivity contribution in [2.24, 2.45) is 0 Å². The van der Waals surface area contributed by atoms with Crippen LogP contribution in [0, 0.1) is 0 Å². The molecule has 138 valence electrons. The summed E-state index contributed by atoms with van der Waals surface area (Å²) in [6.45, 7) is 4.07. The van der Waals surface area contributed by atoms with Crippen molar-refractivity contribution in [3.05, 3.63) is 76.2 Å². The van der Waals surface area contributed by atoms with Gasteiger partial charge in [-0.15, -0.1) is 0 Å². The Morgan fingerprint density at radius 1 is 0.926 bits per heavy atom. The molecule has 3 aromatic rings. The first-order valence-corrected chi connectivity index (χ1v) is 9.21. The first kappa shape index (κ1) is 17.4. The molecule has 1 aliphatic rings. The lowest BCUT2D eigenvalue weighted by Gasteiger charge is -2.34. The molecule has 4 rings (SSSR count). The van der Waals surface area contributed by atoms with Crippen molar-refractivity contribution < 1.29 is 4.79 Å². The number of carbonyl (C=O) groups excluding carboxylic acids is 1. The summed E-state index contributed by atoms with van der Waals surface area (Å²) in [5.41, 5.74) is 1.69. The van der Waals surface area contributed by atoms with Crippen LogP contribution < -0.4 is 5.56 Å². The maximum atomic E-state index is 12.7. The van der Waals surface area contributed by atoms with Crippen LogP contribution in [0.4, 0.5) is 0 Å². The standard InChI is InChI=1S/C21H22N4O2/c26-20(14-19-17-8-4-5-9-18(17)21(27)23-22-19)25-12-10-24(11-13-25)15-16-6-2-1-3-7-16/h1-9H,10-15H2,(H,23,27). The van der Waals surface area contributed by atoms with E-state index < -0.39 is 0 Å². The molecule has 1 aromatic heterocycles. The van der Waals surface area contributed by atoms with Gasteiger partial charge in [-0.3, -0.25) is 14.5 Å². The summed E-state index contributed by atoms with van der Waals surface area (Å²) in [6.07, 6.45) is 0.204. The number of H-pyrrole nitrogens is 1. The molecule has 0 aliphatic carbocycles. The van der Waals surface area contributed by atoms with Crippen LogP contribution in [-0.4, -0.2) is 52.1 Å². The van der Waals surface area contributed by atoms with Crippen LogP contribution in [-0.2, 0) is 17.8 Å². The SMILES string of the molecule is O=C(Cc1n[nH]c(=O)c2ccccc12)N1CCN(Cc2ccccc2)CC1. The van der Waals surface area contributed by atoms with Crippen LogP contribution in [0.1, 0.15) is 11.3 Å². The summed E-state index contributed by atoms with van der Waals surface area (Å²) in [7, 11) is 0. The molecule has 1 amide bonds. The molecular weight excluding hydrogens is 340 g/mol. The van der Waals surface area contributed by atoms with Gasteiger partial charge in [-0.05, 0) is 11.6 Å². The number of nitrogens with one attached hydrogen (secondary N) is 1. The second kappa shape index (κ2) is 7.72. The molecule has 0 unspecified atom stereocenters. The van der Waals surface area contributed by atoms with Crippen molar-refractivity contribution in [1.29, 1.82) is 0 Å². The molecule has 0 radical (unpaired) electrons. The third-order valence-corrected chi connectivity index (χ3v) is 5.07. The molecule has 0 bridgehead atoms. The predicted octanol–water partition coefficient (Wildman–Crippen LogP) is 1.81. The number of hydrogen-bond donors (Lipinski definition) is 1. The summed E-state index contributed by atoms with van der Waals surface area (Å²) in [6, 6.07) is 17.7. The number of amides is 1. The van der Waals surface area contributed by atoms with Crippen LogP contribution in [0.15, 0.2) is 59.4 Å². The normalized spacial score (nSPS) is 15.2. The summed E-state index contributed by atoms with van der Waals surface area (Å²) in [4.78, 5) is 28.9. The zero-order valence-electron chi connectivity index (χ0n) is 15.1. The van der Waals surface area contributed by atoms with E-state index in [1.165, 1.54) is 5.56 Å². The van der Waals surface area contributed by atoms with Gasteiger partial charge in [-0.2, -0.15) is 5.10 Å². The number of piperazine rings is 1. The van der Waals surface area contributed by atoms with Gasteiger partial charge in [0.05, 0.1) is 17.5 Å². The fourth-order valence-electron chi connectivity index (χ4n) is 3.56.